The average molecular weight is 229 g/mol. The number of aromatic hydroxyl groups is 1. The van der Waals surface area contributed by atoms with Crippen LogP contribution in [0.4, 0.5) is 5.69 Å². The summed E-state index contributed by atoms with van der Waals surface area (Å²) in [6.07, 6.45) is 0.567. The van der Waals surface area contributed by atoms with Crippen molar-refractivity contribution in [3.8, 4) is 5.75 Å². The van der Waals surface area contributed by atoms with Crippen molar-refractivity contribution in [2.45, 2.75) is 19.4 Å². The van der Waals surface area contributed by atoms with Crippen LogP contribution in [-0.2, 0) is 4.79 Å². The van der Waals surface area contributed by atoms with Crippen LogP contribution in [-0.4, -0.2) is 17.1 Å². The lowest BCUT2D eigenvalue weighted by molar-refractivity contribution is -0.117. The van der Waals surface area contributed by atoms with E-state index < -0.39 is 6.04 Å². The second-order valence-corrected chi connectivity index (χ2v) is 3.58. The van der Waals surface area contributed by atoms with Crippen molar-refractivity contribution in [2.75, 3.05) is 5.32 Å². The maximum Gasteiger partial charge on any atom is 0.241 e. The summed E-state index contributed by atoms with van der Waals surface area (Å²) < 4.78 is 0. The molecule has 0 saturated heterocycles. The molecule has 0 spiro atoms. The second kappa shape index (κ2) is 5.00. The molecule has 0 heterocycles. The Morgan fingerprint density at radius 3 is 2.87 bits per heavy atom. The molecule has 1 aromatic rings. The van der Waals surface area contributed by atoms with Gasteiger partial charge in [-0.1, -0.05) is 18.5 Å². The SMILES string of the molecule is CCC(N)C(=O)Nc1ccc(O)c(Cl)c1. The number of carbonyl (C=O) groups is 1. The summed E-state index contributed by atoms with van der Waals surface area (Å²) in [4.78, 5) is 11.4. The molecular formula is C10H13ClN2O2. The zero-order valence-electron chi connectivity index (χ0n) is 8.33. The molecular weight excluding hydrogens is 216 g/mol. The smallest absolute Gasteiger partial charge is 0.241 e. The summed E-state index contributed by atoms with van der Waals surface area (Å²) in [5.41, 5.74) is 6.06. The molecule has 5 heteroatoms. The van der Waals surface area contributed by atoms with Crippen molar-refractivity contribution in [3.05, 3.63) is 23.2 Å². The molecule has 82 valence electrons. The Kier molecular flexibility index (Phi) is 3.94. The number of halogens is 1. The molecule has 0 radical (unpaired) electrons. The van der Waals surface area contributed by atoms with E-state index in [4.69, 9.17) is 22.4 Å². The third-order valence-electron chi connectivity index (χ3n) is 1.99. The highest BCUT2D eigenvalue weighted by molar-refractivity contribution is 6.32. The van der Waals surface area contributed by atoms with Crippen molar-refractivity contribution in [1.29, 1.82) is 0 Å². The fraction of sp³-hybridized carbons (Fsp3) is 0.300. The van der Waals surface area contributed by atoms with Crippen LogP contribution >= 0.6 is 11.6 Å². The van der Waals surface area contributed by atoms with E-state index in [0.717, 1.165) is 0 Å². The number of phenolic OH excluding ortho intramolecular Hbond substituents is 1. The number of hydrogen-bond donors (Lipinski definition) is 3. The molecule has 4 nitrogen and oxygen atoms in total. The zero-order chi connectivity index (χ0) is 11.4. The molecule has 1 atom stereocenters. The van der Waals surface area contributed by atoms with Gasteiger partial charge >= 0.3 is 0 Å². The van der Waals surface area contributed by atoms with Crippen molar-refractivity contribution in [3.63, 3.8) is 0 Å². The Hall–Kier alpha value is -1.26. The predicted octanol–water partition coefficient (Wildman–Crippen LogP) is 1.72. The number of anilines is 1. The van der Waals surface area contributed by atoms with Gasteiger partial charge in [0, 0.05) is 5.69 Å². The van der Waals surface area contributed by atoms with Gasteiger partial charge in [0.15, 0.2) is 0 Å². The Morgan fingerprint density at radius 2 is 2.33 bits per heavy atom. The maximum absolute atomic E-state index is 11.4. The fourth-order valence-electron chi connectivity index (χ4n) is 1.01. The third-order valence-corrected chi connectivity index (χ3v) is 2.29. The van der Waals surface area contributed by atoms with E-state index in [1.165, 1.54) is 12.1 Å². The summed E-state index contributed by atoms with van der Waals surface area (Å²) in [6.45, 7) is 1.83. The van der Waals surface area contributed by atoms with Gasteiger partial charge in [0.05, 0.1) is 11.1 Å². The summed E-state index contributed by atoms with van der Waals surface area (Å²) in [6, 6.07) is 3.91. The quantitative estimate of drug-likeness (QED) is 0.690. The van der Waals surface area contributed by atoms with Gasteiger partial charge in [0.2, 0.25) is 5.91 Å². The van der Waals surface area contributed by atoms with Crippen molar-refractivity contribution >= 4 is 23.2 Å². The zero-order valence-corrected chi connectivity index (χ0v) is 9.08. The molecule has 15 heavy (non-hydrogen) atoms. The van der Waals surface area contributed by atoms with Gasteiger partial charge in [0.25, 0.3) is 0 Å². The minimum absolute atomic E-state index is 0.0190. The van der Waals surface area contributed by atoms with E-state index in [1.807, 2.05) is 6.92 Å². The van der Waals surface area contributed by atoms with E-state index in [0.29, 0.717) is 12.1 Å². The first kappa shape index (κ1) is 11.8. The monoisotopic (exact) mass is 228 g/mol. The van der Waals surface area contributed by atoms with Gasteiger partial charge in [0.1, 0.15) is 5.75 Å². The lowest BCUT2D eigenvalue weighted by atomic mass is 10.2. The number of amides is 1. The number of carbonyl (C=O) groups excluding carboxylic acids is 1. The van der Waals surface area contributed by atoms with Crippen LogP contribution < -0.4 is 11.1 Å². The molecule has 1 unspecified atom stereocenters. The minimum Gasteiger partial charge on any atom is -0.506 e. The lowest BCUT2D eigenvalue weighted by Crippen LogP contribution is -2.34. The lowest BCUT2D eigenvalue weighted by Gasteiger charge is -2.10. The number of rotatable bonds is 3. The first-order valence-corrected chi connectivity index (χ1v) is 4.97. The highest BCUT2D eigenvalue weighted by Crippen LogP contribution is 2.25. The van der Waals surface area contributed by atoms with Crippen LogP contribution in [0.3, 0.4) is 0 Å². The third kappa shape index (κ3) is 3.11. The fourth-order valence-corrected chi connectivity index (χ4v) is 1.19. The van der Waals surface area contributed by atoms with Crippen molar-refractivity contribution in [1.82, 2.24) is 0 Å². The van der Waals surface area contributed by atoms with Gasteiger partial charge in [-0.15, -0.1) is 0 Å². The van der Waals surface area contributed by atoms with Crippen molar-refractivity contribution < 1.29 is 9.90 Å². The van der Waals surface area contributed by atoms with E-state index in [2.05, 4.69) is 5.32 Å². The van der Waals surface area contributed by atoms with Crippen LogP contribution in [0.25, 0.3) is 0 Å². The number of benzene rings is 1. The molecule has 0 aliphatic carbocycles. The number of phenols is 1. The Morgan fingerprint density at radius 1 is 1.67 bits per heavy atom. The van der Waals surface area contributed by atoms with Crippen LogP contribution in [0, 0.1) is 0 Å². The molecule has 1 rings (SSSR count). The van der Waals surface area contributed by atoms with Gasteiger partial charge in [-0.25, -0.2) is 0 Å². The molecule has 0 aromatic heterocycles. The molecule has 0 saturated carbocycles. The first-order chi connectivity index (χ1) is 7.04. The van der Waals surface area contributed by atoms with Crippen LogP contribution in [0.5, 0.6) is 5.75 Å². The van der Waals surface area contributed by atoms with Gasteiger partial charge in [-0.2, -0.15) is 0 Å². The second-order valence-electron chi connectivity index (χ2n) is 3.17. The van der Waals surface area contributed by atoms with E-state index in [9.17, 15) is 4.79 Å². The minimum atomic E-state index is -0.530. The van der Waals surface area contributed by atoms with Gasteiger partial charge in [-0.05, 0) is 24.6 Å². The van der Waals surface area contributed by atoms with E-state index >= 15 is 0 Å². The number of nitrogens with one attached hydrogen (secondary N) is 1. The first-order valence-electron chi connectivity index (χ1n) is 4.59. The highest BCUT2D eigenvalue weighted by Gasteiger charge is 2.11. The summed E-state index contributed by atoms with van der Waals surface area (Å²) in [5, 5.41) is 12.0. The predicted molar refractivity (Wildman–Crippen MR) is 60.0 cm³/mol. The molecule has 1 aromatic carbocycles. The molecule has 4 N–H and O–H groups in total. The molecule has 0 aliphatic rings. The molecule has 1 amide bonds. The van der Waals surface area contributed by atoms with Crippen LogP contribution in [0.1, 0.15) is 13.3 Å². The van der Waals surface area contributed by atoms with Crippen LogP contribution in [0.15, 0.2) is 18.2 Å². The number of hydrogen-bond acceptors (Lipinski definition) is 3. The largest absolute Gasteiger partial charge is 0.506 e. The standard InChI is InChI=1S/C10H13ClN2O2/c1-2-8(12)10(15)13-6-3-4-9(14)7(11)5-6/h3-5,8,14H,2,12H2,1H3,(H,13,15). The molecule has 0 fully saturated rings. The topological polar surface area (TPSA) is 75.4 Å². The average Bonchev–Trinajstić information content (AvgIpc) is 2.22. The summed E-state index contributed by atoms with van der Waals surface area (Å²) in [7, 11) is 0. The van der Waals surface area contributed by atoms with Gasteiger partial charge < -0.3 is 16.2 Å². The highest BCUT2D eigenvalue weighted by atomic mass is 35.5. The van der Waals surface area contributed by atoms with E-state index in [-0.39, 0.29) is 16.7 Å². The molecule has 0 bridgehead atoms. The summed E-state index contributed by atoms with van der Waals surface area (Å²) in [5.74, 6) is -0.284. The maximum atomic E-state index is 11.4. The van der Waals surface area contributed by atoms with Crippen molar-refractivity contribution in [2.24, 2.45) is 5.73 Å². The Bertz CT molecular complexity index is 368. The van der Waals surface area contributed by atoms with Gasteiger partial charge in [-0.3, -0.25) is 4.79 Å². The Labute approximate surface area is 93.0 Å². The normalized spacial score (nSPS) is 12.2. The molecule has 0 aliphatic heterocycles. The van der Waals surface area contributed by atoms with E-state index in [1.54, 1.807) is 6.07 Å². The number of nitrogens with two attached hydrogens (primary N) is 1. The summed E-state index contributed by atoms with van der Waals surface area (Å²) >= 11 is 5.68. The Balaban J connectivity index is 2.73. The van der Waals surface area contributed by atoms with Crippen LogP contribution in [0.2, 0.25) is 5.02 Å².